The van der Waals surface area contributed by atoms with Crippen molar-refractivity contribution in [1.29, 1.82) is 0 Å². The summed E-state index contributed by atoms with van der Waals surface area (Å²) in [6.07, 6.45) is 2.23. The van der Waals surface area contributed by atoms with Crippen molar-refractivity contribution in [3.05, 3.63) is 94.3 Å². The number of hydrogen-bond acceptors (Lipinski definition) is 3. The van der Waals surface area contributed by atoms with Crippen LogP contribution in [0.4, 0.5) is 4.79 Å². The van der Waals surface area contributed by atoms with Gasteiger partial charge in [-0.3, -0.25) is 14.5 Å². The number of ketones is 1. The van der Waals surface area contributed by atoms with Crippen LogP contribution in [0.2, 0.25) is 0 Å². The van der Waals surface area contributed by atoms with Crippen molar-refractivity contribution in [1.82, 2.24) is 14.8 Å². The van der Waals surface area contributed by atoms with Crippen LogP contribution >= 0.6 is 0 Å². The predicted octanol–water partition coefficient (Wildman–Crippen LogP) is 4.68. The van der Waals surface area contributed by atoms with Gasteiger partial charge in [-0.15, -0.1) is 0 Å². The topological polar surface area (TPSA) is 71.4 Å². The number of Topliss-reactive ketones (excluding diaryl/α,β-unsaturated/α-hetero) is 1. The van der Waals surface area contributed by atoms with Gasteiger partial charge in [0.1, 0.15) is 5.54 Å². The molecular weight excluding hydrogens is 426 g/mol. The minimum absolute atomic E-state index is 0.0569. The molecule has 174 valence electrons. The number of nitrogens with zero attached hydrogens (tertiary/aromatic N) is 2. The maximum atomic E-state index is 13.6. The third-order valence-corrected chi connectivity index (χ3v) is 7.41. The van der Waals surface area contributed by atoms with Crippen LogP contribution in [0.5, 0.6) is 0 Å². The summed E-state index contributed by atoms with van der Waals surface area (Å²) in [6.45, 7) is 5.74. The molecule has 6 nitrogen and oxygen atoms in total. The SMILES string of the molecule is Cc1cc(C(=O)CN2C(=O)N[C@@]3(CCCc4ccccc43)C2=O)c(C)n1[C@@H](C)c1ccccc1. The summed E-state index contributed by atoms with van der Waals surface area (Å²) >= 11 is 0. The molecule has 3 amide bonds. The summed E-state index contributed by atoms with van der Waals surface area (Å²) in [5.74, 6) is -0.561. The van der Waals surface area contributed by atoms with Crippen LogP contribution < -0.4 is 5.32 Å². The second-order valence-corrected chi connectivity index (χ2v) is 9.40. The lowest BCUT2D eigenvalue weighted by atomic mass is 9.76. The van der Waals surface area contributed by atoms with E-state index in [4.69, 9.17) is 0 Å². The number of aromatic nitrogens is 1. The van der Waals surface area contributed by atoms with E-state index in [1.165, 1.54) is 0 Å². The van der Waals surface area contributed by atoms with Gasteiger partial charge in [0, 0.05) is 17.0 Å². The second kappa shape index (κ2) is 8.28. The van der Waals surface area contributed by atoms with Crippen LogP contribution in [0.1, 0.15) is 64.2 Å². The molecule has 2 aliphatic rings. The van der Waals surface area contributed by atoms with E-state index < -0.39 is 11.6 Å². The molecule has 1 aliphatic carbocycles. The van der Waals surface area contributed by atoms with Gasteiger partial charge in [0.25, 0.3) is 5.91 Å². The fourth-order valence-corrected chi connectivity index (χ4v) is 5.72. The molecule has 0 unspecified atom stereocenters. The molecule has 0 bridgehead atoms. The maximum absolute atomic E-state index is 13.6. The van der Waals surface area contributed by atoms with Crippen molar-refractivity contribution in [2.75, 3.05) is 6.54 Å². The second-order valence-electron chi connectivity index (χ2n) is 9.40. The highest BCUT2D eigenvalue weighted by molar-refractivity contribution is 6.12. The molecule has 2 aromatic carbocycles. The van der Waals surface area contributed by atoms with E-state index in [9.17, 15) is 14.4 Å². The van der Waals surface area contributed by atoms with Crippen LogP contribution in [0, 0.1) is 13.8 Å². The lowest BCUT2D eigenvalue weighted by Gasteiger charge is -2.33. The zero-order valence-corrected chi connectivity index (χ0v) is 19.8. The number of carbonyl (C=O) groups is 3. The van der Waals surface area contributed by atoms with Gasteiger partial charge in [0.2, 0.25) is 0 Å². The Bertz CT molecular complexity index is 1290. The van der Waals surface area contributed by atoms with Gasteiger partial charge in [0.15, 0.2) is 5.78 Å². The largest absolute Gasteiger partial charge is 0.341 e. The highest BCUT2D eigenvalue weighted by Crippen LogP contribution is 2.40. The van der Waals surface area contributed by atoms with Gasteiger partial charge in [-0.25, -0.2) is 4.79 Å². The fourth-order valence-electron chi connectivity index (χ4n) is 5.72. The number of carbonyl (C=O) groups excluding carboxylic acids is 3. The van der Waals surface area contributed by atoms with E-state index in [0.717, 1.165) is 45.8 Å². The maximum Gasteiger partial charge on any atom is 0.325 e. The number of aryl methyl sites for hydroxylation is 2. The number of amides is 3. The smallest absolute Gasteiger partial charge is 0.325 e. The average molecular weight is 456 g/mol. The number of urea groups is 1. The lowest BCUT2D eigenvalue weighted by Crippen LogP contribution is -2.46. The van der Waals surface area contributed by atoms with Gasteiger partial charge in [-0.2, -0.15) is 0 Å². The average Bonchev–Trinajstić information content (AvgIpc) is 3.27. The molecule has 5 rings (SSSR count). The Morgan fingerprint density at radius 1 is 1.06 bits per heavy atom. The van der Waals surface area contributed by atoms with E-state index in [2.05, 4.69) is 28.9 Å². The summed E-state index contributed by atoms with van der Waals surface area (Å²) in [5.41, 5.74) is 4.36. The third kappa shape index (κ3) is 3.36. The summed E-state index contributed by atoms with van der Waals surface area (Å²) in [7, 11) is 0. The van der Waals surface area contributed by atoms with Gasteiger partial charge in [-0.05, 0) is 62.8 Å². The quantitative estimate of drug-likeness (QED) is 0.449. The van der Waals surface area contributed by atoms with Crippen molar-refractivity contribution < 1.29 is 14.4 Å². The predicted molar refractivity (Wildman–Crippen MR) is 130 cm³/mol. The van der Waals surface area contributed by atoms with Crippen molar-refractivity contribution >= 4 is 17.7 Å². The van der Waals surface area contributed by atoms with Gasteiger partial charge in [0.05, 0.1) is 12.6 Å². The summed E-state index contributed by atoms with van der Waals surface area (Å²) in [5, 5.41) is 2.93. The first-order chi connectivity index (χ1) is 16.3. The highest BCUT2D eigenvalue weighted by atomic mass is 16.2. The third-order valence-electron chi connectivity index (χ3n) is 7.41. The van der Waals surface area contributed by atoms with Crippen LogP contribution in [0.25, 0.3) is 0 Å². The zero-order chi connectivity index (χ0) is 24.0. The minimum atomic E-state index is -1.06. The molecule has 2 heterocycles. The molecule has 0 saturated carbocycles. The van der Waals surface area contributed by atoms with E-state index >= 15 is 0 Å². The van der Waals surface area contributed by atoms with Gasteiger partial charge >= 0.3 is 6.03 Å². The molecule has 1 aromatic heterocycles. The molecule has 1 fully saturated rings. The van der Waals surface area contributed by atoms with Crippen LogP contribution in [-0.4, -0.2) is 33.7 Å². The van der Waals surface area contributed by atoms with Crippen molar-refractivity contribution in [3.63, 3.8) is 0 Å². The fraction of sp³-hybridized carbons (Fsp3) is 0.321. The number of fused-ring (bicyclic) bond motifs is 2. The molecule has 34 heavy (non-hydrogen) atoms. The van der Waals surface area contributed by atoms with Crippen LogP contribution in [-0.2, 0) is 16.8 Å². The molecule has 1 saturated heterocycles. The number of rotatable bonds is 5. The standard InChI is InChI=1S/C28H29N3O3/c1-18-16-23(20(3)31(18)19(2)21-10-5-4-6-11-21)25(32)17-30-26(33)28(29-27(30)34)15-9-13-22-12-7-8-14-24(22)28/h4-8,10-12,14,16,19H,9,13,15,17H2,1-3H3,(H,29,34)/t19-,28+/m0/s1. The van der Waals surface area contributed by atoms with Crippen LogP contribution in [0.15, 0.2) is 60.7 Å². The Labute approximate surface area is 199 Å². The minimum Gasteiger partial charge on any atom is -0.341 e. The Hall–Kier alpha value is -3.67. The van der Waals surface area contributed by atoms with Gasteiger partial charge < -0.3 is 9.88 Å². The molecule has 1 aliphatic heterocycles. The number of imide groups is 1. The number of benzene rings is 2. The first kappa shape index (κ1) is 22.1. The van der Waals surface area contributed by atoms with E-state index in [-0.39, 0.29) is 24.3 Å². The molecule has 1 spiro atoms. The summed E-state index contributed by atoms with van der Waals surface area (Å²) < 4.78 is 2.13. The summed E-state index contributed by atoms with van der Waals surface area (Å²) in [4.78, 5) is 40.9. The molecule has 0 radical (unpaired) electrons. The Kier molecular flexibility index (Phi) is 5.39. The molecule has 6 heteroatoms. The summed E-state index contributed by atoms with van der Waals surface area (Å²) in [6, 6.07) is 19.3. The lowest BCUT2D eigenvalue weighted by molar-refractivity contribution is -0.131. The first-order valence-electron chi connectivity index (χ1n) is 11.8. The zero-order valence-electron chi connectivity index (χ0n) is 19.8. The Morgan fingerprint density at radius 2 is 1.76 bits per heavy atom. The van der Waals surface area contributed by atoms with E-state index in [1.54, 1.807) is 0 Å². The highest BCUT2D eigenvalue weighted by Gasteiger charge is 2.54. The van der Waals surface area contributed by atoms with E-state index in [1.807, 2.05) is 62.4 Å². The molecular formula is C28H29N3O3. The van der Waals surface area contributed by atoms with Crippen LogP contribution in [0.3, 0.4) is 0 Å². The monoisotopic (exact) mass is 455 g/mol. The normalized spacial score (nSPS) is 20.4. The Balaban J connectivity index is 1.42. The number of nitrogens with one attached hydrogen (secondary N) is 1. The first-order valence-corrected chi connectivity index (χ1v) is 11.8. The van der Waals surface area contributed by atoms with Crippen molar-refractivity contribution in [2.24, 2.45) is 0 Å². The Morgan fingerprint density at radius 3 is 2.53 bits per heavy atom. The van der Waals surface area contributed by atoms with Crippen molar-refractivity contribution in [3.8, 4) is 0 Å². The molecule has 1 N–H and O–H groups in total. The molecule has 2 atom stereocenters. The molecule has 3 aromatic rings. The van der Waals surface area contributed by atoms with E-state index in [0.29, 0.717) is 12.0 Å². The van der Waals surface area contributed by atoms with Crippen molar-refractivity contribution in [2.45, 2.75) is 51.6 Å². The number of hydrogen-bond donors (Lipinski definition) is 1. The van der Waals surface area contributed by atoms with Gasteiger partial charge in [-0.1, -0.05) is 54.6 Å².